The molecule has 1 heterocycles. The van der Waals surface area contributed by atoms with Crippen LogP contribution < -0.4 is 5.32 Å². The van der Waals surface area contributed by atoms with E-state index in [1.54, 1.807) is 0 Å². The number of benzene rings is 2. The number of carboxylic acid groups (broad SMARTS) is 1. The van der Waals surface area contributed by atoms with E-state index < -0.39 is 24.0 Å². The molecule has 0 radical (unpaired) electrons. The fourth-order valence-electron chi connectivity index (χ4n) is 4.97. The predicted molar refractivity (Wildman–Crippen MR) is 128 cm³/mol. The number of nitriles is 1. The molecular formula is C27H29N3O5. The molecule has 2 N–H and O–H groups in total. The van der Waals surface area contributed by atoms with Gasteiger partial charge in [0.15, 0.2) is 0 Å². The lowest BCUT2D eigenvalue weighted by Gasteiger charge is -2.24. The minimum absolute atomic E-state index is 0.0900. The first kappa shape index (κ1) is 24.3. The normalized spacial score (nSPS) is 17.2. The topological polar surface area (TPSA) is 120 Å². The molecular weight excluding hydrogens is 446 g/mol. The summed E-state index contributed by atoms with van der Waals surface area (Å²) in [6.45, 7) is 0.617. The molecule has 2 atom stereocenters. The van der Waals surface area contributed by atoms with Gasteiger partial charge >= 0.3 is 12.1 Å². The Morgan fingerprint density at radius 3 is 2.34 bits per heavy atom. The monoisotopic (exact) mass is 475 g/mol. The Bertz CT molecular complexity index is 1100. The molecule has 2 amide bonds. The number of aliphatic carboxylic acids is 1. The van der Waals surface area contributed by atoms with Crippen molar-refractivity contribution in [2.45, 2.75) is 44.1 Å². The van der Waals surface area contributed by atoms with E-state index in [1.807, 2.05) is 36.4 Å². The van der Waals surface area contributed by atoms with Crippen molar-refractivity contribution in [1.82, 2.24) is 10.2 Å². The SMILES string of the molecule is N#CCCCCC(NC(=O)OCC1c2ccccc2-c2ccccc21)C(=O)N1CCC(C(=O)O)C1. The Hall–Kier alpha value is -3.86. The zero-order valence-electron chi connectivity index (χ0n) is 19.5. The van der Waals surface area contributed by atoms with E-state index in [1.165, 1.54) is 4.90 Å². The van der Waals surface area contributed by atoms with E-state index in [0.29, 0.717) is 38.6 Å². The summed E-state index contributed by atoms with van der Waals surface area (Å²) in [6.07, 6.45) is 1.65. The van der Waals surface area contributed by atoms with Gasteiger partial charge < -0.3 is 20.1 Å². The number of alkyl carbamates (subject to hydrolysis) is 1. The standard InChI is InChI=1S/C27H29N3O5/c28-14-7-1-2-12-24(25(31)30-15-13-18(16-30)26(32)33)29-27(34)35-17-23-21-10-5-3-8-19(21)20-9-4-6-11-22(20)23/h3-6,8-11,18,23-24H,1-2,7,12-13,15-17H2,(H,29,34)(H,32,33). The molecule has 4 rings (SSSR count). The van der Waals surface area contributed by atoms with Crippen molar-refractivity contribution >= 4 is 18.0 Å². The van der Waals surface area contributed by atoms with Crippen LogP contribution in [0.15, 0.2) is 48.5 Å². The van der Waals surface area contributed by atoms with Crippen molar-refractivity contribution in [3.63, 3.8) is 0 Å². The van der Waals surface area contributed by atoms with Gasteiger partial charge in [-0.15, -0.1) is 0 Å². The fraction of sp³-hybridized carbons (Fsp3) is 0.407. The van der Waals surface area contributed by atoms with Crippen LogP contribution in [0, 0.1) is 17.2 Å². The summed E-state index contributed by atoms with van der Waals surface area (Å²) in [5.74, 6) is -1.91. The molecule has 8 nitrogen and oxygen atoms in total. The molecule has 1 aliphatic heterocycles. The highest BCUT2D eigenvalue weighted by molar-refractivity contribution is 5.86. The second-order valence-corrected chi connectivity index (χ2v) is 9.03. The number of carboxylic acids is 1. The second-order valence-electron chi connectivity index (χ2n) is 9.03. The number of unbranched alkanes of at least 4 members (excludes halogenated alkanes) is 2. The number of nitrogens with one attached hydrogen (secondary N) is 1. The maximum atomic E-state index is 13.1. The highest BCUT2D eigenvalue weighted by atomic mass is 16.5. The van der Waals surface area contributed by atoms with Crippen molar-refractivity contribution in [2.75, 3.05) is 19.7 Å². The lowest BCUT2D eigenvalue weighted by atomic mass is 9.98. The van der Waals surface area contributed by atoms with E-state index in [0.717, 1.165) is 22.3 Å². The van der Waals surface area contributed by atoms with Gasteiger partial charge in [-0.2, -0.15) is 5.26 Å². The molecule has 0 spiro atoms. The van der Waals surface area contributed by atoms with Crippen LogP contribution in [0.5, 0.6) is 0 Å². The minimum atomic E-state index is -0.921. The first-order chi connectivity index (χ1) is 17.0. The number of amides is 2. The van der Waals surface area contributed by atoms with Crippen LogP contribution in [0.4, 0.5) is 4.79 Å². The first-order valence-electron chi connectivity index (χ1n) is 12.0. The van der Waals surface area contributed by atoms with Crippen LogP contribution in [0.2, 0.25) is 0 Å². The van der Waals surface area contributed by atoms with Crippen molar-refractivity contribution in [1.29, 1.82) is 5.26 Å². The van der Waals surface area contributed by atoms with E-state index in [2.05, 4.69) is 23.5 Å². The zero-order chi connectivity index (χ0) is 24.8. The smallest absolute Gasteiger partial charge is 0.407 e. The van der Waals surface area contributed by atoms with Crippen molar-refractivity contribution in [2.24, 2.45) is 5.92 Å². The summed E-state index contributed by atoms with van der Waals surface area (Å²) in [5.41, 5.74) is 4.46. The van der Waals surface area contributed by atoms with Crippen LogP contribution in [-0.2, 0) is 14.3 Å². The number of fused-ring (bicyclic) bond motifs is 3. The highest BCUT2D eigenvalue weighted by Crippen LogP contribution is 2.44. The molecule has 1 aliphatic carbocycles. The quantitative estimate of drug-likeness (QED) is 0.531. The average Bonchev–Trinajstić information content (AvgIpc) is 3.48. The van der Waals surface area contributed by atoms with Gasteiger partial charge in [-0.05, 0) is 47.9 Å². The summed E-state index contributed by atoms with van der Waals surface area (Å²) < 4.78 is 5.60. The third-order valence-electron chi connectivity index (χ3n) is 6.81. The molecule has 1 fully saturated rings. The summed E-state index contributed by atoms with van der Waals surface area (Å²) in [5, 5.41) is 20.7. The first-order valence-corrected chi connectivity index (χ1v) is 12.0. The Balaban J connectivity index is 1.40. The van der Waals surface area contributed by atoms with Gasteiger partial charge in [0.1, 0.15) is 12.6 Å². The third kappa shape index (κ3) is 5.46. The van der Waals surface area contributed by atoms with Gasteiger partial charge in [-0.3, -0.25) is 9.59 Å². The third-order valence-corrected chi connectivity index (χ3v) is 6.81. The van der Waals surface area contributed by atoms with Gasteiger partial charge in [0.2, 0.25) is 5.91 Å². The second kappa shape index (κ2) is 11.0. The highest BCUT2D eigenvalue weighted by Gasteiger charge is 2.35. The number of carbonyl (C=O) groups excluding carboxylic acids is 2. The van der Waals surface area contributed by atoms with Gasteiger partial charge in [0, 0.05) is 25.4 Å². The van der Waals surface area contributed by atoms with Crippen LogP contribution in [-0.4, -0.2) is 53.7 Å². The lowest BCUT2D eigenvalue weighted by Crippen LogP contribution is -2.48. The Kier molecular flexibility index (Phi) is 7.66. The molecule has 2 unspecified atom stereocenters. The van der Waals surface area contributed by atoms with Gasteiger partial charge in [-0.1, -0.05) is 48.5 Å². The van der Waals surface area contributed by atoms with E-state index in [9.17, 15) is 19.5 Å². The van der Waals surface area contributed by atoms with Gasteiger partial charge in [-0.25, -0.2) is 4.79 Å². The minimum Gasteiger partial charge on any atom is -0.481 e. The fourth-order valence-corrected chi connectivity index (χ4v) is 4.97. The van der Waals surface area contributed by atoms with E-state index in [-0.39, 0.29) is 25.0 Å². The number of ether oxygens (including phenoxy) is 1. The number of nitrogens with zero attached hydrogens (tertiary/aromatic N) is 2. The Morgan fingerprint density at radius 2 is 1.74 bits per heavy atom. The largest absolute Gasteiger partial charge is 0.481 e. The maximum Gasteiger partial charge on any atom is 0.407 e. The van der Waals surface area contributed by atoms with Crippen molar-refractivity contribution in [3.05, 3.63) is 59.7 Å². The summed E-state index contributed by atoms with van der Waals surface area (Å²) in [4.78, 5) is 38.6. The molecule has 0 aromatic heterocycles. The molecule has 2 aromatic carbocycles. The van der Waals surface area contributed by atoms with E-state index in [4.69, 9.17) is 10.00 Å². The summed E-state index contributed by atoms with van der Waals surface area (Å²) in [7, 11) is 0. The average molecular weight is 476 g/mol. The molecule has 0 saturated carbocycles. The molecule has 2 aliphatic rings. The van der Waals surface area contributed by atoms with Crippen LogP contribution in [0.25, 0.3) is 11.1 Å². The Labute approximate surface area is 204 Å². The number of likely N-dealkylation sites (tertiary alicyclic amines) is 1. The zero-order valence-corrected chi connectivity index (χ0v) is 19.5. The molecule has 35 heavy (non-hydrogen) atoms. The molecule has 0 bridgehead atoms. The van der Waals surface area contributed by atoms with Crippen molar-refractivity contribution in [3.8, 4) is 17.2 Å². The number of carbonyl (C=O) groups is 3. The molecule has 2 aromatic rings. The van der Waals surface area contributed by atoms with Crippen LogP contribution in [0.3, 0.4) is 0 Å². The number of rotatable bonds is 9. The van der Waals surface area contributed by atoms with Gasteiger partial charge in [0.05, 0.1) is 12.0 Å². The van der Waals surface area contributed by atoms with E-state index >= 15 is 0 Å². The Morgan fingerprint density at radius 1 is 1.09 bits per heavy atom. The molecule has 1 saturated heterocycles. The van der Waals surface area contributed by atoms with Crippen LogP contribution in [0.1, 0.15) is 49.1 Å². The number of hydrogen-bond donors (Lipinski definition) is 2. The molecule has 8 heteroatoms. The van der Waals surface area contributed by atoms with Crippen molar-refractivity contribution < 1.29 is 24.2 Å². The van der Waals surface area contributed by atoms with Crippen LogP contribution >= 0.6 is 0 Å². The summed E-state index contributed by atoms with van der Waals surface area (Å²) >= 11 is 0. The van der Waals surface area contributed by atoms with Gasteiger partial charge in [0.25, 0.3) is 0 Å². The lowest BCUT2D eigenvalue weighted by molar-refractivity contribution is -0.141. The number of hydrogen-bond acceptors (Lipinski definition) is 5. The summed E-state index contributed by atoms with van der Waals surface area (Å²) in [6, 6.07) is 17.4. The predicted octanol–water partition coefficient (Wildman–Crippen LogP) is 3.91. The maximum absolute atomic E-state index is 13.1. The molecule has 182 valence electrons.